The summed E-state index contributed by atoms with van der Waals surface area (Å²) in [5, 5.41) is 7.84. The van der Waals surface area contributed by atoms with E-state index in [1.165, 1.54) is 0 Å². The SMILES string of the molecule is COc1ccc(-c2nc(COc3ccc(C[C@@H]4CNCCO4)cc3Cl)no2)cc1. The zero-order chi connectivity index (χ0) is 20.1. The van der Waals surface area contributed by atoms with Crippen LogP contribution in [0.3, 0.4) is 0 Å². The fourth-order valence-corrected chi connectivity index (χ4v) is 3.37. The molecule has 0 unspecified atom stereocenters. The highest BCUT2D eigenvalue weighted by Gasteiger charge is 2.15. The normalized spacial score (nSPS) is 16.6. The van der Waals surface area contributed by atoms with Gasteiger partial charge in [0.15, 0.2) is 6.61 Å². The third-order valence-electron chi connectivity index (χ3n) is 4.63. The summed E-state index contributed by atoms with van der Waals surface area (Å²) in [7, 11) is 1.62. The Labute approximate surface area is 173 Å². The van der Waals surface area contributed by atoms with Gasteiger partial charge in [0.1, 0.15) is 11.5 Å². The van der Waals surface area contributed by atoms with Crippen LogP contribution in [0.1, 0.15) is 11.4 Å². The Bertz CT molecular complexity index is 939. The monoisotopic (exact) mass is 415 g/mol. The molecule has 0 bridgehead atoms. The van der Waals surface area contributed by atoms with Crippen molar-refractivity contribution in [3.63, 3.8) is 0 Å². The van der Waals surface area contributed by atoms with E-state index in [-0.39, 0.29) is 12.7 Å². The molecule has 0 amide bonds. The molecule has 4 rings (SSSR count). The predicted octanol–water partition coefficient (Wildman–Crippen LogP) is 3.51. The average molecular weight is 416 g/mol. The van der Waals surface area contributed by atoms with Gasteiger partial charge in [0, 0.05) is 18.7 Å². The van der Waals surface area contributed by atoms with Gasteiger partial charge in [0.2, 0.25) is 5.82 Å². The summed E-state index contributed by atoms with van der Waals surface area (Å²) in [4.78, 5) is 4.37. The molecule has 2 aromatic carbocycles. The van der Waals surface area contributed by atoms with E-state index in [0.717, 1.165) is 43.0 Å². The van der Waals surface area contributed by atoms with E-state index < -0.39 is 0 Å². The van der Waals surface area contributed by atoms with E-state index in [1.807, 2.05) is 42.5 Å². The van der Waals surface area contributed by atoms with Gasteiger partial charge in [-0.2, -0.15) is 4.98 Å². The number of ether oxygens (including phenoxy) is 3. The number of benzene rings is 2. The van der Waals surface area contributed by atoms with Crippen LogP contribution in [0.25, 0.3) is 11.5 Å². The summed E-state index contributed by atoms with van der Waals surface area (Å²) >= 11 is 6.39. The molecule has 1 saturated heterocycles. The lowest BCUT2D eigenvalue weighted by Crippen LogP contribution is -2.39. The van der Waals surface area contributed by atoms with E-state index >= 15 is 0 Å². The van der Waals surface area contributed by atoms with Crippen molar-refractivity contribution in [3.05, 3.63) is 58.9 Å². The van der Waals surface area contributed by atoms with Crippen LogP contribution in [0, 0.1) is 0 Å². The third kappa shape index (κ3) is 5.06. The molecule has 1 aromatic heterocycles. The molecule has 3 aromatic rings. The first kappa shape index (κ1) is 19.7. The summed E-state index contributed by atoms with van der Waals surface area (Å²) in [6.45, 7) is 2.65. The molecular formula is C21H22ClN3O4. The minimum Gasteiger partial charge on any atom is -0.497 e. The van der Waals surface area contributed by atoms with Gasteiger partial charge in [-0.15, -0.1) is 0 Å². The Hall–Kier alpha value is -2.61. The standard InChI is InChI=1S/C21H22ClN3O4/c1-26-16-5-3-15(4-6-16)21-24-20(25-29-21)13-28-19-7-2-14(11-18(19)22)10-17-12-23-8-9-27-17/h2-7,11,17,23H,8-10,12-13H2,1H3/t17-/m1/s1. The highest BCUT2D eigenvalue weighted by molar-refractivity contribution is 6.32. The fourth-order valence-electron chi connectivity index (χ4n) is 3.11. The summed E-state index contributed by atoms with van der Waals surface area (Å²) in [6.07, 6.45) is 0.977. The zero-order valence-electron chi connectivity index (χ0n) is 16.1. The molecule has 152 valence electrons. The van der Waals surface area contributed by atoms with Crippen LogP contribution in [-0.2, 0) is 17.8 Å². The Balaban J connectivity index is 1.35. The van der Waals surface area contributed by atoms with E-state index in [4.69, 9.17) is 30.3 Å². The van der Waals surface area contributed by atoms with Gasteiger partial charge >= 0.3 is 0 Å². The van der Waals surface area contributed by atoms with Gasteiger partial charge in [0.05, 0.1) is 24.8 Å². The molecule has 0 radical (unpaired) electrons. The van der Waals surface area contributed by atoms with Gasteiger partial charge in [-0.05, 0) is 48.4 Å². The number of nitrogens with one attached hydrogen (secondary N) is 1. The van der Waals surface area contributed by atoms with Gasteiger partial charge in [-0.25, -0.2) is 0 Å². The average Bonchev–Trinajstić information content (AvgIpc) is 3.23. The second-order valence-corrected chi connectivity index (χ2v) is 7.11. The number of hydrogen-bond donors (Lipinski definition) is 1. The predicted molar refractivity (Wildman–Crippen MR) is 108 cm³/mol. The minimum absolute atomic E-state index is 0.161. The number of halogens is 1. The first-order chi connectivity index (χ1) is 14.2. The topological polar surface area (TPSA) is 78.6 Å². The van der Waals surface area contributed by atoms with Crippen LogP contribution in [0.5, 0.6) is 11.5 Å². The van der Waals surface area contributed by atoms with E-state index in [2.05, 4.69) is 15.5 Å². The molecule has 1 aliphatic rings. The quantitative estimate of drug-likeness (QED) is 0.632. The van der Waals surface area contributed by atoms with Crippen LogP contribution in [0.2, 0.25) is 5.02 Å². The Morgan fingerprint density at radius 2 is 2.07 bits per heavy atom. The second kappa shape index (κ2) is 9.26. The number of morpholine rings is 1. The van der Waals surface area contributed by atoms with E-state index in [0.29, 0.717) is 22.5 Å². The molecule has 7 nitrogen and oxygen atoms in total. The third-order valence-corrected chi connectivity index (χ3v) is 4.92. The van der Waals surface area contributed by atoms with E-state index in [9.17, 15) is 0 Å². The summed E-state index contributed by atoms with van der Waals surface area (Å²) in [5.41, 5.74) is 1.92. The maximum Gasteiger partial charge on any atom is 0.258 e. The first-order valence-corrected chi connectivity index (χ1v) is 9.79. The summed E-state index contributed by atoms with van der Waals surface area (Å²) in [6, 6.07) is 13.2. The first-order valence-electron chi connectivity index (χ1n) is 9.42. The van der Waals surface area contributed by atoms with Crippen molar-refractivity contribution in [1.82, 2.24) is 15.5 Å². The number of hydrogen-bond acceptors (Lipinski definition) is 7. The van der Waals surface area contributed by atoms with Crippen LogP contribution in [0.4, 0.5) is 0 Å². The largest absolute Gasteiger partial charge is 0.497 e. The molecule has 29 heavy (non-hydrogen) atoms. The molecule has 0 saturated carbocycles. The summed E-state index contributed by atoms with van der Waals surface area (Å²) in [5.74, 6) is 2.21. The highest BCUT2D eigenvalue weighted by Crippen LogP contribution is 2.27. The number of aromatic nitrogens is 2. The molecular weight excluding hydrogens is 394 g/mol. The Morgan fingerprint density at radius 1 is 1.21 bits per heavy atom. The van der Waals surface area contributed by atoms with Crippen molar-refractivity contribution in [2.45, 2.75) is 19.1 Å². The molecule has 1 aliphatic heterocycles. The van der Waals surface area contributed by atoms with Crippen LogP contribution < -0.4 is 14.8 Å². The molecule has 0 spiro atoms. The molecule has 1 fully saturated rings. The second-order valence-electron chi connectivity index (χ2n) is 6.70. The number of rotatable bonds is 7. The van der Waals surface area contributed by atoms with Crippen molar-refractivity contribution in [1.29, 1.82) is 0 Å². The zero-order valence-corrected chi connectivity index (χ0v) is 16.8. The highest BCUT2D eigenvalue weighted by atomic mass is 35.5. The number of nitrogens with zero attached hydrogens (tertiary/aromatic N) is 2. The lowest BCUT2D eigenvalue weighted by molar-refractivity contribution is 0.0292. The lowest BCUT2D eigenvalue weighted by Gasteiger charge is -2.23. The maximum absolute atomic E-state index is 6.39. The van der Waals surface area contributed by atoms with Crippen molar-refractivity contribution in [2.75, 3.05) is 26.8 Å². The van der Waals surface area contributed by atoms with Crippen LogP contribution >= 0.6 is 11.6 Å². The van der Waals surface area contributed by atoms with Crippen LogP contribution in [-0.4, -0.2) is 43.1 Å². The summed E-state index contributed by atoms with van der Waals surface area (Å²) < 4.78 is 22.0. The maximum atomic E-state index is 6.39. The fraction of sp³-hybridized carbons (Fsp3) is 0.333. The molecule has 1 atom stereocenters. The van der Waals surface area contributed by atoms with E-state index in [1.54, 1.807) is 7.11 Å². The van der Waals surface area contributed by atoms with Gasteiger partial charge < -0.3 is 24.1 Å². The van der Waals surface area contributed by atoms with Crippen molar-refractivity contribution >= 4 is 11.6 Å². The molecule has 0 aliphatic carbocycles. The Kier molecular flexibility index (Phi) is 6.29. The van der Waals surface area contributed by atoms with Crippen molar-refractivity contribution in [2.24, 2.45) is 0 Å². The van der Waals surface area contributed by atoms with Gasteiger partial charge in [0.25, 0.3) is 5.89 Å². The minimum atomic E-state index is 0.161. The Morgan fingerprint density at radius 3 is 2.79 bits per heavy atom. The van der Waals surface area contributed by atoms with Gasteiger partial charge in [-0.1, -0.05) is 22.8 Å². The molecule has 1 N–H and O–H groups in total. The van der Waals surface area contributed by atoms with Crippen molar-refractivity contribution < 1.29 is 18.7 Å². The lowest BCUT2D eigenvalue weighted by atomic mass is 10.1. The van der Waals surface area contributed by atoms with Crippen LogP contribution in [0.15, 0.2) is 47.0 Å². The van der Waals surface area contributed by atoms with Crippen molar-refractivity contribution in [3.8, 4) is 23.0 Å². The molecule has 8 heteroatoms. The smallest absolute Gasteiger partial charge is 0.258 e. The molecule has 2 heterocycles. The van der Waals surface area contributed by atoms with Gasteiger partial charge in [-0.3, -0.25) is 0 Å². The number of methoxy groups -OCH3 is 1.